The van der Waals surface area contributed by atoms with Crippen molar-refractivity contribution in [2.45, 2.75) is 12.7 Å². The molecule has 2 rings (SSSR count). The van der Waals surface area contributed by atoms with Crippen LogP contribution in [-0.4, -0.2) is 19.4 Å². The molecule has 0 saturated heterocycles. The van der Waals surface area contributed by atoms with E-state index in [-0.39, 0.29) is 6.61 Å². The molecule has 0 saturated carbocycles. The van der Waals surface area contributed by atoms with Crippen LogP contribution in [0.2, 0.25) is 0 Å². The van der Waals surface area contributed by atoms with Gasteiger partial charge in [-0.1, -0.05) is 46.3 Å². The van der Waals surface area contributed by atoms with Crippen molar-refractivity contribution in [2.75, 3.05) is 13.3 Å². The Labute approximate surface area is 126 Å². The maximum Gasteiger partial charge on any atom is 0.150 e. The van der Waals surface area contributed by atoms with Crippen molar-refractivity contribution in [2.24, 2.45) is 0 Å². The summed E-state index contributed by atoms with van der Waals surface area (Å²) in [5.41, 5.74) is 1.06. The third-order valence-corrected chi connectivity index (χ3v) is 3.23. The molecule has 0 bridgehead atoms. The molecule has 1 unspecified atom stereocenters. The molecule has 106 valence electrons. The molecule has 0 radical (unpaired) electrons. The number of ether oxygens (including phenoxy) is 2. The molecule has 1 atom stereocenters. The Hall–Kier alpha value is -1.39. The molecule has 0 aromatic heterocycles. The lowest BCUT2D eigenvalue weighted by molar-refractivity contribution is 0.0297. The van der Waals surface area contributed by atoms with Gasteiger partial charge in [0.1, 0.15) is 12.4 Å². The normalized spacial score (nSPS) is 12.1. The van der Waals surface area contributed by atoms with Crippen LogP contribution < -0.4 is 4.74 Å². The molecule has 4 heteroatoms. The van der Waals surface area contributed by atoms with Crippen molar-refractivity contribution in [1.82, 2.24) is 0 Å². The summed E-state index contributed by atoms with van der Waals surface area (Å²) in [7, 11) is 0. The van der Waals surface area contributed by atoms with E-state index >= 15 is 0 Å². The first-order valence-electron chi connectivity index (χ1n) is 6.38. The largest absolute Gasteiger partial charge is 0.485 e. The van der Waals surface area contributed by atoms with Gasteiger partial charge in [0.15, 0.2) is 6.10 Å². The van der Waals surface area contributed by atoms with Crippen LogP contribution in [-0.2, 0) is 11.3 Å². The van der Waals surface area contributed by atoms with Gasteiger partial charge in [-0.3, -0.25) is 0 Å². The Balaban J connectivity index is 1.79. The van der Waals surface area contributed by atoms with Gasteiger partial charge in [0, 0.05) is 4.47 Å². The number of hydrogen-bond acceptors (Lipinski definition) is 2. The molecule has 2 aromatic carbocycles. The third-order valence-electron chi connectivity index (χ3n) is 2.70. The van der Waals surface area contributed by atoms with Crippen molar-refractivity contribution in [1.29, 1.82) is 0 Å². The molecule has 2 nitrogen and oxygen atoms in total. The average Bonchev–Trinajstić information content (AvgIpc) is 2.49. The monoisotopic (exact) mass is 338 g/mol. The summed E-state index contributed by atoms with van der Waals surface area (Å²) >= 11 is 3.34. The van der Waals surface area contributed by atoms with Gasteiger partial charge in [-0.15, -0.1) is 0 Å². The van der Waals surface area contributed by atoms with E-state index in [1.54, 1.807) is 12.1 Å². The predicted molar refractivity (Wildman–Crippen MR) is 80.6 cm³/mol. The van der Waals surface area contributed by atoms with Gasteiger partial charge in [-0.05, 0) is 29.8 Å². The molecule has 0 spiro atoms. The number of rotatable bonds is 7. The molecular weight excluding hydrogens is 323 g/mol. The van der Waals surface area contributed by atoms with Crippen LogP contribution in [0.4, 0.5) is 4.39 Å². The lowest BCUT2D eigenvalue weighted by Crippen LogP contribution is -2.25. The highest BCUT2D eigenvalue weighted by atomic mass is 79.9. The Bertz CT molecular complexity index is 502. The highest BCUT2D eigenvalue weighted by Crippen LogP contribution is 2.17. The minimum Gasteiger partial charge on any atom is -0.485 e. The van der Waals surface area contributed by atoms with E-state index in [1.807, 2.05) is 42.5 Å². The first-order chi connectivity index (χ1) is 9.78. The predicted octanol–water partition coefficient (Wildman–Crippen LogP) is 4.38. The molecule has 2 aromatic rings. The van der Waals surface area contributed by atoms with Gasteiger partial charge in [0.2, 0.25) is 0 Å². The summed E-state index contributed by atoms with van der Waals surface area (Å²) in [6, 6.07) is 17.1. The van der Waals surface area contributed by atoms with E-state index in [2.05, 4.69) is 15.9 Å². The first kappa shape index (κ1) is 15.0. The van der Waals surface area contributed by atoms with Crippen LogP contribution in [0.1, 0.15) is 5.56 Å². The molecular formula is C16H16BrFO2. The smallest absolute Gasteiger partial charge is 0.150 e. The van der Waals surface area contributed by atoms with Crippen molar-refractivity contribution in [3.8, 4) is 5.75 Å². The van der Waals surface area contributed by atoms with E-state index in [0.29, 0.717) is 12.4 Å². The molecule has 0 amide bonds. The second kappa shape index (κ2) is 8.02. The maximum atomic E-state index is 12.9. The highest BCUT2D eigenvalue weighted by molar-refractivity contribution is 9.10. The molecule has 0 N–H and O–H groups in total. The molecule has 0 aliphatic heterocycles. The fourth-order valence-corrected chi connectivity index (χ4v) is 1.96. The maximum absolute atomic E-state index is 12.9. The minimum atomic E-state index is -0.583. The lowest BCUT2D eigenvalue weighted by atomic mass is 10.2. The van der Waals surface area contributed by atoms with Crippen molar-refractivity contribution in [3.63, 3.8) is 0 Å². The fraction of sp³-hybridized carbons (Fsp3) is 0.250. The summed E-state index contributed by atoms with van der Waals surface area (Å²) in [6.07, 6.45) is -0.583. The quantitative estimate of drug-likeness (QED) is 0.745. The van der Waals surface area contributed by atoms with Crippen molar-refractivity contribution >= 4 is 15.9 Å². The minimum absolute atomic E-state index is 0.224. The third kappa shape index (κ3) is 4.94. The van der Waals surface area contributed by atoms with E-state index in [0.717, 1.165) is 10.0 Å². The zero-order valence-corrected chi connectivity index (χ0v) is 12.6. The Kier molecular flexibility index (Phi) is 6.02. The first-order valence-corrected chi connectivity index (χ1v) is 7.17. The fourth-order valence-electron chi connectivity index (χ4n) is 1.70. The number of benzene rings is 2. The zero-order valence-electron chi connectivity index (χ0n) is 11.0. The van der Waals surface area contributed by atoms with Crippen molar-refractivity contribution in [3.05, 3.63) is 64.6 Å². The van der Waals surface area contributed by atoms with Gasteiger partial charge in [-0.25, -0.2) is 4.39 Å². The Morgan fingerprint density at radius 2 is 1.70 bits per heavy atom. The SMILES string of the molecule is FCC(COCc1ccccc1)Oc1ccc(Br)cc1. The second-order valence-corrected chi connectivity index (χ2v) is 5.26. The van der Waals surface area contributed by atoms with Gasteiger partial charge in [0.25, 0.3) is 0 Å². The van der Waals surface area contributed by atoms with Crippen LogP contribution in [0.25, 0.3) is 0 Å². The highest BCUT2D eigenvalue weighted by Gasteiger charge is 2.10. The molecule has 0 aliphatic rings. The lowest BCUT2D eigenvalue weighted by Gasteiger charge is -2.16. The summed E-state index contributed by atoms with van der Waals surface area (Å²) < 4.78 is 24.9. The second-order valence-electron chi connectivity index (χ2n) is 4.35. The number of hydrogen-bond donors (Lipinski definition) is 0. The van der Waals surface area contributed by atoms with Gasteiger partial charge >= 0.3 is 0 Å². The van der Waals surface area contributed by atoms with E-state index in [9.17, 15) is 4.39 Å². The van der Waals surface area contributed by atoms with Crippen LogP contribution in [0.15, 0.2) is 59.1 Å². The Morgan fingerprint density at radius 3 is 2.35 bits per heavy atom. The number of halogens is 2. The van der Waals surface area contributed by atoms with E-state index < -0.39 is 12.8 Å². The van der Waals surface area contributed by atoms with Gasteiger partial charge < -0.3 is 9.47 Å². The van der Waals surface area contributed by atoms with Gasteiger partial charge in [0.05, 0.1) is 13.2 Å². The zero-order chi connectivity index (χ0) is 14.2. The van der Waals surface area contributed by atoms with Gasteiger partial charge in [-0.2, -0.15) is 0 Å². The molecule has 0 fully saturated rings. The molecule has 0 aliphatic carbocycles. The van der Waals surface area contributed by atoms with E-state index in [4.69, 9.17) is 9.47 Å². The van der Waals surface area contributed by atoms with E-state index in [1.165, 1.54) is 0 Å². The molecule has 0 heterocycles. The van der Waals surface area contributed by atoms with Crippen LogP contribution in [0.5, 0.6) is 5.75 Å². The summed E-state index contributed by atoms with van der Waals surface area (Å²) in [6.45, 7) is 0.105. The standard InChI is InChI=1S/C16H16BrFO2/c17-14-6-8-15(9-7-14)20-16(10-18)12-19-11-13-4-2-1-3-5-13/h1-9,16H,10-12H2. The summed E-state index contributed by atoms with van der Waals surface area (Å²) in [4.78, 5) is 0. The molecule has 20 heavy (non-hydrogen) atoms. The van der Waals surface area contributed by atoms with Crippen LogP contribution in [0, 0.1) is 0 Å². The number of alkyl halides is 1. The van der Waals surface area contributed by atoms with Crippen LogP contribution in [0.3, 0.4) is 0 Å². The topological polar surface area (TPSA) is 18.5 Å². The Morgan fingerprint density at radius 1 is 1.00 bits per heavy atom. The summed E-state index contributed by atoms with van der Waals surface area (Å²) in [5, 5.41) is 0. The van der Waals surface area contributed by atoms with Crippen LogP contribution >= 0.6 is 15.9 Å². The van der Waals surface area contributed by atoms with Crippen molar-refractivity contribution < 1.29 is 13.9 Å². The summed E-state index contributed by atoms with van der Waals surface area (Å²) in [5.74, 6) is 0.638. The average molecular weight is 339 g/mol.